The van der Waals surface area contributed by atoms with Gasteiger partial charge in [-0.05, 0) is 73.2 Å². The monoisotopic (exact) mass is 569 g/mol. The summed E-state index contributed by atoms with van der Waals surface area (Å²) >= 11 is 1.99. The highest BCUT2D eigenvalue weighted by Crippen LogP contribution is 2.42. The van der Waals surface area contributed by atoms with E-state index < -0.39 is 8.07 Å². The molecule has 2 aromatic heterocycles. The van der Waals surface area contributed by atoms with E-state index >= 15 is 0 Å². The van der Waals surface area contributed by atoms with E-state index in [2.05, 4.69) is 152 Å². The van der Waals surface area contributed by atoms with Gasteiger partial charge in [0.15, 0.2) is 8.07 Å². The lowest BCUT2D eigenvalue weighted by atomic mass is 9.82. The van der Waals surface area contributed by atoms with Gasteiger partial charge in [-0.1, -0.05) is 126 Å². The van der Waals surface area contributed by atoms with Gasteiger partial charge in [0, 0.05) is 16.3 Å². The summed E-state index contributed by atoms with van der Waals surface area (Å²) in [4.78, 5) is 5.08. The van der Waals surface area contributed by atoms with E-state index in [1.165, 1.54) is 52.4 Å². The molecule has 6 aromatic rings. The average molecular weight is 570 g/mol. The molecule has 6 rings (SSSR count). The van der Waals surface area contributed by atoms with Crippen LogP contribution < -0.4 is 14.9 Å². The lowest BCUT2D eigenvalue weighted by Crippen LogP contribution is -2.71. The standard InChI is InChI=1S/C38H39NSSi/c1-26-31-22-23-39-34(28-24-27-16-14-15-21-32(27)33(25-28)37(2,3)4)35(31)40-36(26)41(38(5,6)7,29-17-10-8-11-18-29)30-19-12-9-13-20-30/h8-25H,1-7H3. The van der Waals surface area contributed by atoms with E-state index in [9.17, 15) is 0 Å². The fourth-order valence-electron chi connectivity index (χ4n) is 6.79. The van der Waals surface area contributed by atoms with Crippen molar-refractivity contribution in [1.29, 1.82) is 0 Å². The number of hydrogen-bond donors (Lipinski definition) is 0. The van der Waals surface area contributed by atoms with E-state index in [1.807, 2.05) is 17.5 Å². The molecule has 0 aliphatic rings. The second kappa shape index (κ2) is 10.1. The highest BCUT2D eigenvalue weighted by molar-refractivity contribution is 7.37. The molecule has 0 N–H and O–H groups in total. The molecule has 0 aliphatic carbocycles. The highest BCUT2D eigenvalue weighted by Gasteiger charge is 2.51. The zero-order valence-electron chi connectivity index (χ0n) is 25.2. The Bertz CT molecular complexity index is 1810. The fourth-order valence-corrected chi connectivity index (χ4v) is 15.8. The van der Waals surface area contributed by atoms with Crippen LogP contribution in [0.3, 0.4) is 0 Å². The minimum atomic E-state index is -2.47. The fraction of sp³-hybridized carbons (Fsp3) is 0.237. The quantitative estimate of drug-likeness (QED) is 0.193. The summed E-state index contributed by atoms with van der Waals surface area (Å²) in [6.45, 7) is 16.6. The molecule has 1 nitrogen and oxygen atoms in total. The SMILES string of the molecule is Cc1c([Si](c2ccccc2)(c2ccccc2)C(C)(C)C)sc2c(-c3cc(C(C)(C)C)c4ccccc4c3)nccc12. The third kappa shape index (κ3) is 4.47. The maximum absolute atomic E-state index is 5.08. The van der Waals surface area contributed by atoms with Crippen LogP contribution in [0.5, 0.6) is 0 Å². The number of nitrogens with zero attached hydrogens (tertiary/aromatic N) is 1. The van der Waals surface area contributed by atoms with Crippen molar-refractivity contribution in [3.63, 3.8) is 0 Å². The Morgan fingerprint density at radius 2 is 1.24 bits per heavy atom. The molecule has 0 unspecified atom stereocenters. The Morgan fingerprint density at radius 3 is 1.83 bits per heavy atom. The predicted molar refractivity (Wildman–Crippen MR) is 183 cm³/mol. The number of hydrogen-bond acceptors (Lipinski definition) is 2. The van der Waals surface area contributed by atoms with Gasteiger partial charge in [-0.15, -0.1) is 11.3 Å². The van der Waals surface area contributed by atoms with Gasteiger partial charge >= 0.3 is 0 Å². The molecular weight excluding hydrogens is 531 g/mol. The van der Waals surface area contributed by atoms with Crippen LogP contribution in [-0.2, 0) is 5.41 Å². The Morgan fingerprint density at radius 1 is 0.659 bits per heavy atom. The number of aromatic nitrogens is 1. The second-order valence-electron chi connectivity index (χ2n) is 13.3. The van der Waals surface area contributed by atoms with Crippen LogP contribution in [0, 0.1) is 6.92 Å². The number of fused-ring (bicyclic) bond motifs is 2. The number of pyridine rings is 1. The van der Waals surface area contributed by atoms with Crippen molar-refractivity contribution in [2.75, 3.05) is 0 Å². The van der Waals surface area contributed by atoms with Gasteiger partial charge in [0.1, 0.15) is 0 Å². The summed E-state index contributed by atoms with van der Waals surface area (Å²) in [6.07, 6.45) is 2.01. The highest BCUT2D eigenvalue weighted by atomic mass is 32.1. The van der Waals surface area contributed by atoms with Crippen LogP contribution in [0.25, 0.3) is 32.1 Å². The summed E-state index contributed by atoms with van der Waals surface area (Å²) in [5.74, 6) is 0. The Labute approximate surface area is 249 Å². The van der Waals surface area contributed by atoms with Crippen LogP contribution in [0.15, 0.2) is 109 Å². The second-order valence-corrected chi connectivity index (χ2v) is 19.4. The molecule has 2 heterocycles. The molecule has 0 amide bonds. The zero-order valence-corrected chi connectivity index (χ0v) is 27.1. The van der Waals surface area contributed by atoms with E-state index in [0.717, 1.165) is 5.69 Å². The van der Waals surface area contributed by atoms with Crippen molar-refractivity contribution in [3.05, 3.63) is 120 Å². The lowest BCUT2D eigenvalue weighted by molar-refractivity contribution is 0.596. The number of thiophene rings is 1. The summed E-state index contributed by atoms with van der Waals surface area (Å²) in [5.41, 5.74) is 5.09. The van der Waals surface area contributed by atoms with Gasteiger partial charge in [-0.25, -0.2) is 0 Å². The van der Waals surface area contributed by atoms with Crippen molar-refractivity contribution in [2.45, 2.75) is 58.9 Å². The minimum absolute atomic E-state index is 0.0228. The van der Waals surface area contributed by atoms with Crippen molar-refractivity contribution < 1.29 is 0 Å². The molecule has 0 saturated heterocycles. The third-order valence-electron chi connectivity index (χ3n) is 8.68. The molecule has 0 spiro atoms. The van der Waals surface area contributed by atoms with E-state index in [4.69, 9.17) is 4.98 Å². The molecule has 41 heavy (non-hydrogen) atoms. The van der Waals surface area contributed by atoms with Crippen LogP contribution in [0.4, 0.5) is 0 Å². The molecular formula is C38H39NSSi. The van der Waals surface area contributed by atoms with Crippen molar-refractivity contribution in [1.82, 2.24) is 4.98 Å². The van der Waals surface area contributed by atoms with Gasteiger partial charge in [-0.2, -0.15) is 0 Å². The molecule has 0 saturated carbocycles. The third-order valence-corrected chi connectivity index (χ3v) is 16.7. The smallest absolute Gasteiger partial charge is 0.166 e. The van der Waals surface area contributed by atoms with E-state index in [1.54, 1.807) is 0 Å². The first-order valence-corrected chi connectivity index (χ1v) is 17.4. The lowest BCUT2D eigenvalue weighted by Gasteiger charge is -2.44. The van der Waals surface area contributed by atoms with Crippen LogP contribution in [0.2, 0.25) is 5.04 Å². The van der Waals surface area contributed by atoms with Gasteiger partial charge in [0.05, 0.1) is 10.4 Å². The van der Waals surface area contributed by atoms with Crippen LogP contribution >= 0.6 is 11.3 Å². The number of rotatable bonds is 4. The first-order chi connectivity index (χ1) is 19.5. The first kappa shape index (κ1) is 27.6. The summed E-state index contributed by atoms with van der Waals surface area (Å²) < 4.78 is 2.83. The van der Waals surface area contributed by atoms with Crippen molar-refractivity contribution in [3.8, 4) is 11.3 Å². The maximum atomic E-state index is 5.08. The summed E-state index contributed by atoms with van der Waals surface area (Å²) in [5, 5.41) is 6.89. The summed E-state index contributed by atoms with van der Waals surface area (Å²) in [6, 6.07) is 38.3. The normalized spacial score (nSPS) is 12.8. The molecule has 3 heteroatoms. The molecule has 0 bridgehead atoms. The Kier molecular flexibility index (Phi) is 6.79. The minimum Gasteiger partial charge on any atom is -0.255 e. The van der Waals surface area contributed by atoms with Gasteiger partial charge in [0.25, 0.3) is 0 Å². The largest absolute Gasteiger partial charge is 0.255 e. The van der Waals surface area contributed by atoms with Crippen molar-refractivity contribution in [2.24, 2.45) is 0 Å². The first-order valence-electron chi connectivity index (χ1n) is 14.6. The molecule has 0 fully saturated rings. The van der Waals surface area contributed by atoms with Crippen LogP contribution in [0.1, 0.15) is 52.7 Å². The Hall–Kier alpha value is -3.53. The predicted octanol–water partition coefficient (Wildman–Crippen LogP) is 8.99. The van der Waals surface area contributed by atoms with E-state index in [-0.39, 0.29) is 10.5 Å². The average Bonchev–Trinajstić information content (AvgIpc) is 3.29. The number of benzene rings is 4. The van der Waals surface area contributed by atoms with Crippen LogP contribution in [-0.4, -0.2) is 13.1 Å². The maximum Gasteiger partial charge on any atom is 0.166 e. The molecule has 0 radical (unpaired) electrons. The number of aryl methyl sites for hydroxylation is 1. The molecule has 0 atom stereocenters. The van der Waals surface area contributed by atoms with Gasteiger partial charge < -0.3 is 0 Å². The van der Waals surface area contributed by atoms with Crippen molar-refractivity contribution >= 4 is 55.1 Å². The van der Waals surface area contributed by atoms with Gasteiger partial charge in [-0.3, -0.25) is 4.98 Å². The zero-order chi connectivity index (χ0) is 29.0. The van der Waals surface area contributed by atoms with E-state index in [0.29, 0.717) is 0 Å². The van der Waals surface area contributed by atoms with Gasteiger partial charge in [0.2, 0.25) is 0 Å². The summed E-state index contributed by atoms with van der Waals surface area (Å²) in [7, 11) is -2.47. The molecule has 4 aromatic carbocycles. The molecule has 0 aliphatic heterocycles. The molecule has 206 valence electrons. The topological polar surface area (TPSA) is 12.9 Å². The Balaban J connectivity index is 1.70.